The molecular formula is C59H90Cl2N2O13. The molecule has 0 radical (unpaired) electrons. The zero-order chi connectivity index (χ0) is 55.9. The average molecular weight is 1110 g/mol. The number of esters is 2. The van der Waals surface area contributed by atoms with Gasteiger partial charge in [-0.15, -0.1) is 0 Å². The minimum absolute atomic E-state index is 0.00896. The zero-order valence-electron chi connectivity index (χ0n) is 47.3. The number of halogens is 2. The molecule has 428 valence electrons. The van der Waals surface area contributed by atoms with Crippen LogP contribution in [0.4, 0.5) is 0 Å². The second kappa shape index (κ2) is 27.0. The van der Waals surface area contributed by atoms with Crippen LogP contribution >= 0.6 is 23.2 Å². The van der Waals surface area contributed by atoms with E-state index < -0.39 is 77.1 Å². The average Bonchev–Trinajstić information content (AvgIpc) is 3.76. The van der Waals surface area contributed by atoms with Crippen LogP contribution in [0, 0.1) is 47.3 Å². The summed E-state index contributed by atoms with van der Waals surface area (Å²) < 4.78 is 31.4. The van der Waals surface area contributed by atoms with Crippen LogP contribution in [0.25, 0.3) is 6.08 Å². The number of carbonyl (C=O) groups is 4. The third-order valence-electron chi connectivity index (χ3n) is 17.9. The van der Waals surface area contributed by atoms with Gasteiger partial charge in [0, 0.05) is 63.8 Å². The summed E-state index contributed by atoms with van der Waals surface area (Å²) in [5.74, 6) is -5.48. The Morgan fingerprint density at radius 2 is 1.58 bits per heavy atom. The Bertz CT molecular complexity index is 2190. The molecule has 1 aromatic rings. The van der Waals surface area contributed by atoms with E-state index in [1.165, 1.54) is 14.0 Å². The number of amides is 1. The van der Waals surface area contributed by atoms with Gasteiger partial charge in [0.15, 0.2) is 6.10 Å². The number of aliphatic hydroxyl groups is 2. The summed E-state index contributed by atoms with van der Waals surface area (Å²) in [5, 5.41) is 24.3. The number of benzene rings is 1. The lowest BCUT2D eigenvalue weighted by Gasteiger charge is -2.47. The fourth-order valence-electron chi connectivity index (χ4n) is 12.8. The van der Waals surface area contributed by atoms with Crippen LogP contribution in [0.2, 0.25) is 10.0 Å². The standard InChI is InChI=1S/C59H90Cl2N2O13/c1-13-44(55(67)63-30-28-62(29-31-63)34-43(56(68)70-12)20-18-42-19-21-46(60)47(61)33-42)48-22-17-36(5)53(73-48)39(8)51(65)38(7)52(66)45(14-2)54-37(6)32-35(4)16-23-50(72-41(10)64)59(76-74-54)27-26-57(11,75-59)49-24-25-58(69,15-3)40(9)71-49/h16,18-21,23,33,35-40,43-45,48-51,53-54,65,69H,13-15,17,22,24-32,34H2,1-12H3/b20-18-,23-16-/t35-,36-,37-,38-,39-,40-,43?,44+,45-,48+,49+,50+,51+,53+,54-,57-,58+,59-/m0/s1. The molecule has 0 saturated carbocycles. The van der Waals surface area contributed by atoms with Gasteiger partial charge in [0.25, 0.3) is 0 Å². The molecule has 5 heterocycles. The number of hydrogen-bond donors (Lipinski definition) is 2. The summed E-state index contributed by atoms with van der Waals surface area (Å²) in [6.07, 6.45) is 8.72. The first kappa shape index (κ1) is 62.2. The van der Waals surface area contributed by atoms with Gasteiger partial charge in [0.1, 0.15) is 11.9 Å². The number of methoxy groups -OCH3 is 1. The molecule has 1 unspecified atom stereocenters. The summed E-state index contributed by atoms with van der Waals surface area (Å²) in [6, 6.07) is 5.28. The van der Waals surface area contributed by atoms with E-state index in [-0.39, 0.29) is 53.5 Å². The topological polar surface area (TPSA) is 180 Å². The van der Waals surface area contributed by atoms with Crippen molar-refractivity contribution in [1.29, 1.82) is 0 Å². The maximum atomic E-state index is 15.0. The number of ketones is 1. The SMILES string of the molecule is CC[C@@H](C(=O)[C@@H](C)[C@@H](O)[C@H](C)[C@@H]1O[C@@H]([C@@H](CC)C(=O)N2CCN(CC(/C=C\c3ccc(Cl)c(Cl)c3)C(=O)OC)CC2)CC[C@@H]1C)[C@H]1OO[C@@]2(CC[C@@](C)([C@H]3CC[C@](O)(CC)[C@H](C)O3)O2)[C@H](OC(C)=O)/C=C\[C@H](C)C[C@@H]1C. The van der Waals surface area contributed by atoms with Gasteiger partial charge >= 0.3 is 11.9 Å². The molecule has 4 fully saturated rings. The van der Waals surface area contributed by atoms with Crippen LogP contribution in [0.1, 0.15) is 146 Å². The van der Waals surface area contributed by atoms with E-state index in [1.54, 1.807) is 19.1 Å². The predicted molar refractivity (Wildman–Crippen MR) is 292 cm³/mol. The Morgan fingerprint density at radius 3 is 2.20 bits per heavy atom. The Kier molecular flexibility index (Phi) is 22.1. The van der Waals surface area contributed by atoms with E-state index in [0.717, 1.165) is 12.0 Å². The molecule has 0 bridgehead atoms. The van der Waals surface area contributed by atoms with Crippen molar-refractivity contribution >= 4 is 52.9 Å². The number of ether oxygens (including phenoxy) is 5. The molecule has 15 nitrogen and oxygen atoms in total. The molecule has 1 aromatic carbocycles. The van der Waals surface area contributed by atoms with Gasteiger partial charge < -0.3 is 38.8 Å². The number of piperazine rings is 1. The molecule has 4 saturated heterocycles. The van der Waals surface area contributed by atoms with Gasteiger partial charge in [-0.2, -0.15) is 4.89 Å². The van der Waals surface area contributed by atoms with Crippen molar-refractivity contribution in [2.45, 2.75) is 200 Å². The first-order valence-electron chi connectivity index (χ1n) is 28.3. The highest BCUT2D eigenvalue weighted by atomic mass is 35.5. The van der Waals surface area contributed by atoms with E-state index >= 15 is 0 Å². The number of Topliss-reactive ketones (excluding diaryl/α,β-unsaturated/α-hetero) is 1. The third-order valence-corrected chi connectivity index (χ3v) is 18.7. The van der Waals surface area contributed by atoms with Gasteiger partial charge in [0.05, 0.1) is 70.7 Å². The van der Waals surface area contributed by atoms with Crippen molar-refractivity contribution in [1.82, 2.24) is 9.80 Å². The lowest BCUT2D eigenvalue weighted by molar-refractivity contribution is -0.468. The summed E-state index contributed by atoms with van der Waals surface area (Å²) in [5.41, 5.74) is -1.01. The van der Waals surface area contributed by atoms with Crippen molar-refractivity contribution in [3.63, 3.8) is 0 Å². The fourth-order valence-corrected chi connectivity index (χ4v) is 13.1. The molecular weight excluding hydrogens is 1020 g/mol. The zero-order valence-corrected chi connectivity index (χ0v) is 48.9. The second-order valence-electron chi connectivity index (χ2n) is 23.3. The maximum absolute atomic E-state index is 15.0. The highest BCUT2D eigenvalue weighted by Crippen LogP contribution is 2.49. The lowest BCUT2D eigenvalue weighted by atomic mass is 9.74. The Balaban J connectivity index is 1.11. The van der Waals surface area contributed by atoms with E-state index in [2.05, 4.69) is 18.7 Å². The number of aliphatic hydroxyl groups excluding tert-OH is 1. The van der Waals surface area contributed by atoms with Crippen molar-refractivity contribution in [2.24, 2.45) is 47.3 Å². The maximum Gasteiger partial charge on any atom is 0.313 e. The molecule has 0 aliphatic carbocycles. The molecule has 76 heavy (non-hydrogen) atoms. The van der Waals surface area contributed by atoms with Crippen LogP contribution in [0.3, 0.4) is 0 Å². The van der Waals surface area contributed by atoms with E-state index in [9.17, 15) is 29.4 Å². The second-order valence-corrected chi connectivity index (χ2v) is 24.1. The number of allylic oxidation sites excluding steroid dienone is 1. The van der Waals surface area contributed by atoms with E-state index in [1.807, 2.05) is 83.7 Å². The van der Waals surface area contributed by atoms with Crippen LogP contribution in [0.15, 0.2) is 36.4 Å². The smallest absolute Gasteiger partial charge is 0.313 e. The molecule has 17 heteroatoms. The molecule has 2 N–H and O–H groups in total. The molecule has 5 aliphatic rings. The van der Waals surface area contributed by atoms with Crippen molar-refractivity contribution < 1.29 is 62.9 Å². The molecule has 5 aliphatic heterocycles. The molecule has 18 atom stereocenters. The van der Waals surface area contributed by atoms with E-state index in [0.29, 0.717) is 101 Å². The summed E-state index contributed by atoms with van der Waals surface area (Å²) in [4.78, 5) is 72.0. The number of hydrogen-bond acceptors (Lipinski definition) is 14. The van der Waals surface area contributed by atoms with Crippen LogP contribution in [0.5, 0.6) is 0 Å². The lowest BCUT2D eigenvalue weighted by Crippen LogP contribution is -2.56. The summed E-state index contributed by atoms with van der Waals surface area (Å²) in [6.45, 7) is 23.7. The predicted octanol–water partition coefficient (Wildman–Crippen LogP) is 9.83. The van der Waals surface area contributed by atoms with Crippen molar-refractivity contribution in [2.75, 3.05) is 39.8 Å². The van der Waals surface area contributed by atoms with Crippen LogP contribution in [-0.4, -0.2) is 143 Å². The Hall–Kier alpha value is -2.96. The first-order chi connectivity index (χ1) is 35.9. The molecule has 1 spiro atoms. The Morgan fingerprint density at radius 1 is 0.882 bits per heavy atom. The number of rotatable bonds is 18. The van der Waals surface area contributed by atoms with Gasteiger partial charge in [0.2, 0.25) is 11.7 Å². The first-order valence-corrected chi connectivity index (χ1v) is 29.1. The molecule has 1 amide bonds. The van der Waals surface area contributed by atoms with Gasteiger partial charge in [-0.05, 0) is 113 Å². The minimum atomic E-state index is -1.57. The molecule has 6 rings (SSSR count). The number of nitrogens with zero attached hydrogens (tertiary/aromatic N) is 2. The van der Waals surface area contributed by atoms with E-state index in [4.69, 9.17) is 56.7 Å². The monoisotopic (exact) mass is 1100 g/mol. The van der Waals surface area contributed by atoms with Crippen LogP contribution in [-0.2, 0) is 52.6 Å². The van der Waals surface area contributed by atoms with Gasteiger partial charge in [-0.25, -0.2) is 4.89 Å². The minimum Gasteiger partial charge on any atom is -0.469 e. The normalized spacial score (nSPS) is 35.7. The van der Waals surface area contributed by atoms with Crippen molar-refractivity contribution in [3.8, 4) is 0 Å². The molecule has 0 aromatic heterocycles. The third kappa shape index (κ3) is 14.5. The van der Waals surface area contributed by atoms with Crippen molar-refractivity contribution in [3.05, 3.63) is 52.0 Å². The largest absolute Gasteiger partial charge is 0.469 e. The fraction of sp³-hybridized carbons (Fsp3) is 0.763. The summed E-state index contributed by atoms with van der Waals surface area (Å²) >= 11 is 12.3. The Labute approximate surface area is 462 Å². The quantitative estimate of drug-likeness (QED) is 0.0806. The van der Waals surface area contributed by atoms with Gasteiger partial charge in [-0.1, -0.05) is 103 Å². The number of carbonyl (C=O) groups excluding carboxylic acids is 4. The summed E-state index contributed by atoms with van der Waals surface area (Å²) in [7, 11) is 1.38. The van der Waals surface area contributed by atoms with Gasteiger partial charge in [-0.3, -0.25) is 24.1 Å². The highest BCUT2D eigenvalue weighted by Gasteiger charge is 2.60. The highest BCUT2D eigenvalue weighted by molar-refractivity contribution is 6.42. The van der Waals surface area contributed by atoms with Crippen LogP contribution < -0.4 is 0 Å².